The molecule has 1 heterocycles. The predicted octanol–water partition coefficient (Wildman–Crippen LogP) is 4.05. The summed E-state index contributed by atoms with van der Waals surface area (Å²) in [6.45, 7) is 5.78. The number of nitrogens with zero attached hydrogens (tertiary/aromatic N) is 2. The lowest BCUT2D eigenvalue weighted by Crippen LogP contribution is -2.28. The highest BCUT2D eigenvalue weighted by atomic mass is 19.1. The van der Waals surface area contributed by atoms with Gasteiger partial charge in [-0.25, -0.2) is 9.07 Å². The van der Waals surface area contributed by atoms with Crippen molar-refractivity contribution in [1.29, 1.82) is 0 Å². The van der Waals surface area contributed by atoms with Crippen LogP contribution in [0.15, 0.2) is 54.7 Å². The van der Waals surface area contributed by atoms with E-state index in [4.69, 9.17) is 0 Å². The molecule has 0 aliphatic carbocycles. The van der Waals surface area contributed by atoms with Crippen molar-refractivity contribution in [3.05, 3.63) is 82.9 Å². The average Bonchev–Trinajstić information content (AvgIpc) is 3.00. The van der Waals surface area contributed by atoms with Crippen LogP contribution in [0.3, 0.4) is 0 Å². The molecule has 1 aromatic heterocycles. The molecule has 134 valence electrons. The van der Waals surface area contributed by atoms with E-state index in [9.17, 15) is 9.18 Å². The quantitative estimate of drug-likeness (QED) is 0.754. The van der Waals surface area contributed by atoms with Crippen LogP contribution in [0.5, 0.6) is 0 Å². The molecule has 0 radical (unpaired) electrons. The molecule has 1 N–H and O–H groups in total. The van der Waals surface area contributed by atoms with Gasteiger partial charge in [-0.3, -0.25) is 4.79 Å². The molecule has 26 heavy (non-hydrogen) atoms. The number of hydrogen-bond acceptors (Lipinski definition) is 2. The summed E-state index contributed by atoms with van der Waals surface area (Å²) in [5.41, 5.74) is 4.52. The average molecular weight is 351 g/mol. The molecule has 3 aromatic rings. The molecule has 0 fully saturated rings. The molecule has 0 saturated heterocycles. The van der Waals surface area contributed by atoms with Crippen LogP contribution in [0.2, 0.25) is 0 Å². The fourth-order valence-electron chi connectivity index (χ4n) is 3.05. The normalized spacial score (nSPS) is 12.0. The van der Waals surface area contributed by atoms with Crippen molar-refractivity contribution in [1.82, 2.24) is 15.1 Å². The fourth-order valence-corrected chi connectivity index (χ4v) is 3.05. The number of aryl methyl sites for hydroxylation is 1. The van der Waals surface area contributed by atoms with Crippen molar-refractivity contribution < 1.29 is 9.18 Å². The molecule has 0 bridgehead atoms. The lowest BCUT2D eigenvalue weighted by molar-refractivity contribution is -0.121. The van der Waals surface area contributed by atoms with Gasteiger partial charge in [-0.05, 0) is 56.2 Å². The van der Waals surface area contributed by atoms with Crippen molar-refractivity contribution in [2.45, 2.75) is 33.2 Å². The van der Waals surface area contributed by atoms with Gasteiger partial charge in [-0.1, -0.05) is 24.3 Å². The van der Waals surface area contributed by atoms with Crippen molar-refractivity contribution in [3.63, 3.8) is 0 Å². The number of aromatic nitrogens is 2. The number of para-hydroxylation sites is 1. The van der Waals surface area contributed by atoms with E-state index in [0.29, 0.717) is 5.56 Å². The zero-order valence-electron chi connectivity index (χ0n) is 15.2. The summed E-state index contributed by atoms with van der Waals surface area (Å²) in [6.07, 6.45) is 1.93. The molecule has 1 amide bonds. The van der Waals surface area contributed by atoms with E-state index in [1.807, 2.05) is 55.8 Å². The number of amides is 1. The van der Waals surface area contributed by atoms with Gasteiger partial charge in [0.2, 0.25) is 5.91 Å². The third kappa shape index (κ3) is 3.82. The lowest BCUT2D eigenvalue weighted by Gasteiger charge is -2.15. The van der Waals surface area contributed by atoms with Crippen LogP contribution >= 0.6 is 0 Å². The van der Waals surface area contributed by atoms with E-state index in [-0.39, 0.29) is 24.2 Å². The first-order chi connectivity index (χ1) is 12.5. The van der Waals surface area contributed by atoms with Crippen molar-refractivity contribution >= 4 is 5.91 Å². The van der Waals surface area contributed by atoms with E-state index in [1.165, 1.54) is 12.1 Å². The second kappa shape index (κ2) is 7.52. The minimum Gasteiger partial charge on any atom is -0.349 e. The molecule has 3 rings (SSSR count). The number of carbonyl (C=O) groups excluding carboxylic acids is 1. The SMILES string of the molecule is Cc1ccc(F)cc1CC(=O)N[C@H](C)c1cnn(-c2ccccc2)c1C. The number of benzene rings is 2. The molecule has 0 aliphatic rings. The second-order valence-electron chi connectivity index (χ2n) is 6.47. The van der Waals surface area contributed by atoms with Crippen LogP contribution in [-0.4, -0.2) is 15.7 Å². The smallest absolute Gasteiger partial charge is 0.224 e. The van der Waals surface area contributed by atoms with E-state index in [2.05, 4.69) is 10.4 Å². The van der Waals surface area contributed by atoms with E-state index < -0.39 is 0 Å². The highest BCUT2D eigenvalue weighted by molar-refractivity contribution is 5.79. The van der Waals surface area contributed by atoms with Gasteiger partial charge in [0.05, 0.1) is 24.3 Å². The van der Waals surface area contributed by atoms with Crippen molar-refractivity contribution in [2.24, 2.45) is 0 Å². The van der Waals surface area contributed by atoms with Crippen molar-refractivity contribution in [2.75, 3.05) is 0 Å². The lowest BCUT2D eigenvalue weighted by atomic mass is 10.0. The summed E-state index contributed by atoms with van der Waals surface area (Å²) in [5, 5.41) is 7.42. The van der Waals surface area contributed by atoms with Crippen LogP contribution in [0.1, 0.15) is 35.3 Å². The van der Waals surface area contributed by atoms with Crippen LogP contribution in [-0.2, 0) is 11.2 Å². The first-order valence-electron chi connectivity index (χ1n) is 8.60. The maximum Gasteiger partial charge on any atom is 0.224 e. The van der Waals surface area contributed by atoms with Gasteiger partial charge >= 0.3 is 0 Å². The molecular weight excluding hydrogens is 329 g/mol. The maximum atomic E-state index is 13.4. The summed E-state index contributed by atoms with van der Waals surface area (Å²) < 4.78 is 15.3. The highest BCUT2D eigenvalue weighted by Gasteiger charge is 2.17. The molecule has 0 aliphatic heterocycles. The number of rotatable bonds is 5. The minimum atomic E-state index is -0.327. The Bertz CT molecular complexity index is 918. The Kier molecular flexibility index (Phi) is 5.16. The van der Waals surface area contributed by atoms with E-state index in [0.717, 1.165) is 22.5 Å². The standard InChI is InChI=1S/C21H22FN3O/c1-14-9-10-18(22)11-17(14)12-21(26)24-15(2)20-13-23-25(16(20)3)19-7-5-4-6-8-19/h4-11,13,15H,12H2,1-3H3,(H,24,26)/t15-/m1/s1. The van der Waals surface area contributed by atoms with Crippen LogP contribution < -0.4 is 5.32 Å². The van der Waals surface area contributed by atoms with E-state index >= 15 is 0 Å². The Labute approximate surface area is 152 Å². The largest absolute Gasteiger partial charge is 0.349 e. The van der Waals surface area contributed by atoms with Crippen LogP contribution in [0.4, 0.5) is 4.39 Å². The summed E-state index contributed by atoms with van der Waals surface area (Å²) >= 11 is 0. The molecular formula is C21H22FN3O. The Morgan fingerprint density at radius 2 is 1.92 bits per heavy atom. The van der Waals surface area contributed by atoms with Gasteiger partial charge in [-0.2, -0.15) is 5.10 Å². The first-order valence-corrected chi connectivity index (χ1v) is 8.60. The van der Waals surface area contributed by atoms with Gasteiger partial charge in [0.15, 0.2) is 0 Å². The third-order valence-electron chi connectivity index (χ3n) is 4.55. The Morgan fingerprint density at radius 1 is 1.19 bits per heavy atom. The number of carbonyl (C=O) groups is 1. The molecule has 5 heteroatoms. The molecule has 0 unspecified atom stereocenters. The number of nitrogens with one attached hydrogen (secondary N) is 1. The molecule has 0 saturated carbocycles. The fraction of sp³-hybridized carbons (Fsp3) is 0.238. The Balaban J connectivity index is 1.72. The molecule has 0 spiro atoms. The van der Waals surface area contributed by atoms with Gasteiger partial charge in [0.1, 0.15) is 5.82 Å². The summed E-state index contributed by atoms with van der Waals surface area (Å²) in [6, 6.07) is 14.2. The van der Waals surface area contributed by atoms with Gasteiger partial charge in [0.25, 0.3) is 0 Å². The summed E-state index contributed by atoms with van der Waals surface area (Å²) in [7, 11) is 0. The number of hydrogen-bond donors (Lipinski definition) is 1. The molecule has 4 nitrogen and oxygen atoms in total. The van der Waals surface area contributed by atoms with Crippen molar-refractivity contribution in [3.8, 4) is 5.69 Å². The summed E-state index contributed by atoms with van der Waals surface area (Å²) in [5.74, 6) is -0.468. The topological polar surface area (TPSA) is 46.9 Å². The zero-order valence-corrected chi connectivity index (χ0v) is 15.2. The Morgan fingerprint density at radius 3 is 2.65 bits per heavy atom. The maximum absolute atomic E-state index is 13.4. The van der Waals surface area contributed by atoms with Gasteiger partial charge in [-0.15, -0.1) is 0 Å². The second-order valence-corrected chi connectivity index (χ2v) is 6.47. The van der Waals surface area contributed by atoms with Crippen LogP contribution in [0, 0.1) is 19.7 Å². The van der Waals surface area contributed by atoms with Gasteiger partial charge < -0.3 is 5.32 Å². The number of halogens is 1. The van der Waals surface area contributed by atoms with E-state index in [1.54, 1.807) is 12.3 Å². The van der Waals surface area contributed by atoms with Gasteiger partial charge in [0, 0.05) is 11.3 Å². The van der Waals surface area contributed by atoms with Crippen LogP contribution in [0.25, 0.3) is 5.69 Å². The first kappa shape index (κ1) is 17.9. The monoisotopic (exact) mass is 351 g/mol. The highest BCUT2D eigenvalue weighted by Crippen LogP contribution is 2.20. The molecule has 2 aromatic carbocycles. The summed E-state index contributed by atoms with van der Waals surface area (Å²) in [4.78, 5) is 12.4. The predicted molar refractivity (Wildman–Crippen MR) is 99.7 cm³/mol. The zero-order chi connectivity index (χ0) is 18.7. The Hall–Kier alpha value is -2.95. The minimum absolute atomic E-state index is 0.141. The molecule has 1 atom stereocenters. The third-order valence-corrected chi connectivity index (χ3v) is 4.55.